The number of nitrogens with one attached hydrogen (secondary N) is 1. The van der Waals surface area contributed by atoms with Crippen LogP contribution in [-0.4, -0.2) is 53.3 Å². The number of amides is 2. The Morgan fingerprint density at radius 2 is 2.26 bits per heavy atom. The number of carboxylic acid groups (broad SMARTS) is 1. The smallest absolute Gasteiger partial charge is 0.318 e. The molecule has 2 fully saturated rings. The highest BCUT2D eigenvalue weighted by atomic mass is 16.5. The maximum atomic E-state index is 12.3. The van der Waals surface area contributed by atoms with E-state index >= 15 is 0 Å². The van der Waals surface area contributed by atoms with Crippen molar-refractivity contribution in [2.45, 2.75) is 50.6 Å². The molecule has 19 heavy (non-hydrogen) atoms. The largest absolute Gasteiger partial charge is 0.481 e. The topological polar surface area (TPSA) is 78.9 Å². The van der Waals surface area contributed by atoms with Gasteiger partial charge in [0.25, 0.3) is 0 Å². The van der Waals surface area contributed by atoms with Crippen molar-refractivity contribution in [3.63, 3.8) is 0 Å². The molecule has 0 radical (unpaired) electrons. The summed E-state index contributed by atoms with van der Waals surface area (Å²) in [5, 5.41) is 11.9. The molecule has 2 aliphatic heterocycles. The molecule has 2 heterocycles. The van der Waals surface area contributed by atoms with Gasteiger partial charge in [-0.3, -0.25) is 4.79 Å². The van der Waals surface area contributed by atoms with Crippen molar-refractivity contribution in [1.29, 1.82) is 0 Å². The molecule has 2 atom stereocenters. The van der Waals surface area contributed by atoms with Gasteiger partial charge in [-0.25, -0.2) is 4.79 Å². The van der Waals surface area contributed by atoms with Crippen molar-refractivity contribution in [1.82, 2.24) is 10.2 Å². The van der Waals surface area contributed by atoms with E-state index in [1.54, 1.807) is 4.90 Å². The number of urea groups is 1. The van der Waals surface area contributed by atoms with E-state index in [0.29, 0.717) is 13.2 Å². The lowest BCUT2D eigenvalue weighted by Gasteiger charge is -2.36. The van der Waals surface area contributed by atoms with Crippen LogP contribution in [0.4, 0.5) is 4.79 Å². The van der Waals surface area contributed by atoms with Gasteiger partial charge in [0.1, 0.15) is 0 Å². The predicted octanol–water partition coefficient (Wildman–Crippen LogP) is 1.20. The Kier molecular flexibility index (Phi) is 4.29. The predicted molar refractivity (Wildman–Crippen MR) is 69.0 cm³/mol. The number of hydrogen-bond donors (Lipinski definition) is 2. The van der Waals surface area contributed by atoms with Crippen LogP contribution in [0.15, 0.2) is 0 Å². The summed E-state index contributed by atoms with van der Waals surface area (Å²) in [5.41, 5.74) is -0.328. The third-order valence-corrected chi connectivity index (χ3v) is 3.89. The molecule has 2 amide bonds. The molecule has 0 aliphatic carbocycles. The summed E-state index contributed by atoms with van der Waals surface area (Å²) < 4.78 is 5.41. The molecule has 0 aromatic carbocycles. The maximum Gasteiger partial charge on any atom is 0.318 e. The summed E-state index contributed by atoms with van der Waals surface area (Å²) in [6.07, 6.45) is 3.51. The third kappa shape index (κ3) is 3.59. The highest BCUT2D eigenvalue weighted by Crippen LogP contribution is 2.23. The lowest BCUT2D eigenvalue weighted by molar-refractivity contribution is -0.137. The monoisotopic (exact) mass is 270 g/mol. The number of carbonyl (C=O) groups is 2. The fraction of sp³-hybridized carbons (Fsp3) is 0.846. The zero-order chi connectivity index (χ0) is 13.9. The van der Waals surface area contributed by atoms with Crippen molar-refractivity contribution in [3.8, 4) is 0 Å². The Balaban J connectivity index is 1.92. The minimum atomic E-state index is -0.850. The van der Waals surface area contributed by atoms with Crippen molar-refractivity contribution in [3.05, 3.63) is 0 Å². The summed E-state index contributed by atoms with van der Waals surface area (Å²) in [6, 6.07) is -0.331. The molecule has 0 saturated carbocycles. The molecule has 0 spiro atoms. The molecule has 0 aromatic rings. The quantitative estimate of drug-likeness (QED) is 0.807. The van der Waals surface area contributed by atoms with Crippen molar-refractivity contribution in [2.24, 2.45) is 0 Å². The molecule has 2 aliphatic rings. The SMILES string of the molecule is CC1(NC(=O)N2CCCC2CC(=O)O)CCCOC1. The van der Waals surface area contributed by atoms with Crippen LogP contribution in [0, 0.1) is 0 Å². The third-order valence-electron chi connectivity index (χ3n) is 3.89. The molecule has 2 rings (SSSR count). The number of likely N-dealkylation sites (tertiary alicyclic amines) is 1. The number of rotatable bonds is 3. The Labute approximate surface area is 113 Å². The first-order valence-corrected chi connectivity index (χ1v) is 6.88. The minimum Gasteiger partial charge on any atom is -0.481 e. The molecule has 0 bridgehead atoms. The molecule has 2 saturated heterocycles. The number of ether oxygens (including phenoxy) is 1. The van der Waals surface area contributed by atoms with Gasteiger partial charge in [0.05, 0.1) is 18.6 Å². The van der Waals surface area contributed by atoms with E-state index in [-0.39, 0.29) is 24.0 Å². The van der Waals surface area contributed by atoms with Gasteiger partial charge in [0, 0.05) is 19.2 Å². The van der Waals surface area contributed by atoms with Crippen LogP contribution in [0.5, 0.6) is 0 Å². The fourth-order valence-electron chi connectivity index (χ4n) is 2.88. The Hall–Kier alpha value is -1.30. The zero-order valence-electron chi connectivity index (χ0n) is 11.4. The highest BCUT2D eigenvalue weighted by molar-refractivity contribution is 5.77. The average molecular weight is 270 g/mol. The molecule has 2 unspecified atom stereocenters. The first-order chi connectivity index (χ1) is 9.00. The average Bonchev–Trinajstić information content (AvgIpc) is 2.76. The summed E-state index contributed by atoms with van der Waals surface area (Å²) >= 11 is 0. The molecule has 0 aromatic heterocycles. The van der Waals surface area contributed by atoms with Gasteiger partial charge >= 0.3 is 12.0 Å². The van der Waals surface area contributed by atoms with Crippen molar-refractivity contribution in [2.75, 3.05) is 19.8 Å². The lowest BCUT2D eigenvalue weighted by Crippen LogP contribution is -2.56. The van der Waals surface area contributed by atoms with Crippen LogP contribution in [-0.2, 0) is 9.53 Å². The van der Waals surface area contributed by atoms with Crippen LogP contribution in [0.25, 0.3) is 0 Å². The Bertz CT molecular complexity index is 353. The van der Waals surface area contributed by atoms with Crippen LogP contribution in [0.3, 0.4) is 0 Å². The second kappa shape index (κ2) is 5.77. The number of carbonyl (C=O) groups excluding carboxylic acids is 1. The van der Waals surface area contributed by atoms with E-state index in [1.165, 1.54) is 0 Å². The van der Waals surface area contributed by atoms with Gasteiger partial charge in [-0.1, -0.05) is 0 Å². The van der Waals surface area contributed by atoms with E-state index in [4.69, 9.17) is 9.84 Å². The van der Waals surface area contributed by atoms with E-state index < -0.39 is 5.97 Å². The number of carboxylic acids is 1. The molecule has 6 nitrogen and oxygen atoms in total. The van der Waals surface area contributed by atoms with E-state index in [0.717, 1.165) is 32.3 Å². The lowest BCUT2D eigenvalue weighted by atomic mass is 9.95. The summed E-state index contributed by atoms with van der Waals surface area (Å²) in [7, 11) is 0. The van der Waals surface area contributed by atoms with Crippen LogP contribution >= 0.6 is 0 Å². The van der Waals surface area contributed by atoms with Crippen molar-refractivity contribution >= 4 is 12.0 Å². The fourth-order valence-corrected chi connectivity index (χ4v) is 2.88. The van der Waals surface area contributed by atoms with Gasteiger partial charge in [0.15, 0.2) is 0 Å². The first-order valence-electron chi connectivity index (χ1n) is 6.88. The van der Waals surface area contributed by atoms with Crippen LogP contribution in [0.2, 0.25) is 0 Å². The Morgan fingerprint density at radius 1 is 1.47 bits per heavy atom. The van der Waals surface area contributed by atoms with E-state index in [2.05, 4.69) is 5.32 Å². The molecular formula is C13H22N2O4. The van der Waals surface area contributed by atoms with Crippen LogP contribution < -0.4 is 5.32 Å². The van der Waals surface area contributed by atoms with Gasteiger partial charge < -0.3 is 20.1 Å². The van der Waals surface area contributed by atoms with Crippen LogP contribution in [0.1, 0.15) is 39.0 Å². The van der Waals surface area contributed by atoms with Gasteiger partial charge in [-0.2, -0.15) is 0 Å². The molecule has 2 N–H and O–H groups in total. The first kappa shape index (κ1) is 14.1. The molecule has 108 valence electrons. The zero-order valence-corrected chi connectivity index (χ0v) is 11.4. The van der Waals surface area contributed by atoms with Crippen molar-refractivity contribution < 1.29 is 19.4 Å². The van der Waals surface area contributed by atoms with Gasteiger partial charge in [0.2, 0.25) is 0 Å². The highest BCUT2D eigenvalue weighted by Gasteiger charge is 2.35. The summed E-state index contributed by atoms with van der Waals surface area (Å²) in [5.74, 6) is -0.850. The number of aliphatic carboxylic acids is 1. The molecular weight excluding hydrogens is 248 g/mol. The maximum absolute atomic E-state index is 12.3. The van der Waals surface area contributed by atoms with E-state index in [9.17, 15) is 9.59 Å². The summed E-state index contributed by atoms with van der Waals surface area (Å²) in [4.78, 5) is 24.7. The normalized spacial score (nSPS) is 31.2. The Morgan fingerprint density at radius 3 is 2.89 bits per heavy atom. The van der Waals surface area contributed by atoms with E-state index in [1.807, 2.05) is 6.92 Å². The standard InChI is InChI=1S/C13H22N2O4/c1-13(5-3-7-19-9-13)14-12(18)15-6-2-4-10(15)8-11(16)17/h10H,2-9H2,1H3,(H,14,18)(H,16,17). The minimum absolute atomic E-state index is 0.0284. The summed E-state index contributed by atoms with van der Waals surface area (Å²) in [6.45, 7) is 3.89. The van der Waals surface area contributed by atoms with Gasteiger partial charge in [-0.05, 0) is 32.6 Å². The number of hydrogen-bond acceptors (Lipinski definition) is 3. The molecule has 6 heteroatoms. The second-order valence-electron chi connectivity index (χ2n) is 5.73. The second-order valence-corrected chi connectivity index (χ2v) is 5.73. The number of nitrogens with zero attached hydrogens (tertiary/aromatic N) is 1. The van der Waals surface area contributed by atoms with Gasteiger partial charge in [-0.15, -0.1) is 0 Å².